The molecule has 4 nitrogen and oxygen atoms in total. The molecule has 0 atom stereocenters. The van der Waals surface area contributed by atoms with Crippen molar-refractivity contribution in [3.05, 3.63) is 95.5 Å². The molecule has 28 heavy (non-hydrogen) atoms. The van der Waals surface area contributed by atoms with Crippen molar-refractivity contribution < 1.29 is 13.2 Å². The number of anilines is 1. The van der Waals surface area contributed by atoms with E-state index in [9.17, 15) is 8.42 Å². The van der Waals surface area contributed by atoms with Crippen LogP contribution in [0.2, 0.25) is 0 Å². The maximum Gasteiger partial charge on any atom is 0.261 e. The van der Waals surface area contributed by atoms with Crippen LogP contribution in [0.1, 0.15) is 0 Å². The van der Waals surface area contributed by atoms with Gasteiger partial charge in [0.15, 0.2) is 0 Å². The summed E-state index contributed by atoms with van der Waals surface area (Å²) in [5.74, 6) is 1.32. The van der Waals surface area contributed by atoms with Gasteiger partial charge in [0.05, 0.1) is 4.90 Å². The first kappa shape index (κ1) is 18.5. The molecule has 1 N–H and O–H groups in total. The van der Waals surface area contributed by atoms with Crippen LogP contribution in [-0.2, 0) is 10.0 Å². The van der Waals surface area contributed by atoms with Gasteiger partial charge in [-0.15, -0.1) is 0 Å². The SMILES string of the molecule is O=S(=O)(Nc1ccc(Oc2ccc(Br)cc2)cc1)c1ccc2ccccc2c1. The lowest BCUT2D eigenvalue weighted by Crippen LogP contribution is -2.12. The Morgan fingerprint density at radius 1 is 0.714 bits per heavy atom. The summed E-state index contributed by atoms with van der Waals surface area (Å²) in [6.45, 7) is 0. The number of hydrogen-bond acceptors (Lipinski definition) is 3. The number of hydrogen-bond donors (Lipinski definition) is 1. The van der Waals surface area contributed by atoms with Crippen molar-refractivity contribution >= 4 is 42.4 Å². The Hall–Kier alpha value is -2.83. The van der Waals surface area contributed by atoms with Crippen LogP contribution in [0.25, 0.3) is 10.8 Å². The van der Waals surface area contributed by atoms with Crippen LogP contribution in [-0.4, -0.2) is 8.42 Å². The molecule has 0 aliphatic heterocycles. The molecule has 4 aromatic rings. The summed E-state index contributed by atoms with van der Waals surface area (Å²) in [6.07, 6.45) is 0. The molecule has 0 bridgehead atoms. The van der Waals surface area contributed by atoms with E-state index in [1.165, 1.54) is 0 Å². The molecule has 0 aromatic heterocycles. The third-order valence-corrected chi connectivity index (χ3v) is 6.09. The third kappa shape index (κ3) is 4.18. The number of ether oxygens (including phenoxy) is 1. The van der Waals surface area contributed by atoms with Gasteiger partial charge in [0.2, 0.25) is 0 Å². The van der Waals surface area contributed by atoms with Crippen LogP contribution < -0.4 is 9.46 Å². The number of nitrogens with one attached hydrogen (secondary N) is 1. The van der Waals surface area contributed by atoms with Gasteiger partial charge >= 0.3 is 0 Å². The molecular weight excluding hydrogens is 438 g/mol. The number of benzene rings is 4. The number of fused-ring (bicyclic) bond motifs is 1. The minimum absolute atomic E-state index is 0.224. The summed E-state index contributed by atoms with van der Waals surface area (Å²) in [4.78, 5) is 0.224. The van der Waals surface area contributed by atoms with Crippen LogP contribution in [0.15, 0.2) is 100 Å². The molecule has 0 saturated heterocycles. The molecule has 6 heteroatoms. The number of rotatable bonds is 5. The molecule has 0 amide bonds. The molecule has 0 aliphatic rings. The Balaban J connectivity index is 1.51. The van der Waals surface area contributed by atoms with E-state index in [1.54, 1.807) is 42.5 Å². The molecule has 4 rings (SSSR count). The Labute approximate surface area is 172 Å². The molecule has 0 saturated carbocycles. The molecule has 0 aliphatic carbocycles. The van der Waals surface area contributed by atoms with E-state index in [2.05, 4.69) is 20.7 Å². The Morgan fingerprint density at radius 2 is 1.32 bits per heavy atom. The first-order valence-electron chi connectivity index (χ1n) is 8.55. The lowest BCUT2D eigenvalue weighted by atomic mass is 10.1. The highest BCUT2D eigenvalue weighted by atomic mass is 79.9. The average molecular weight is 454 g/mol. The largest absolute Gasteiger partial charge is 0.457 e. The van der Waals surface area contributed by atoms with Crippen LogP contribution >= 0.6 is 15.9 Å². The molecule has 0 unspecified atom stereocenters. The maximum absolute atomic E-state index is 12.7. The molecule has 0 radical (unpaired) electrons. The fourth-order valence-corrected chi connectivity index (χ4v) is 4.14. The monoisotopic (exact) mass is 453 g/mol. The van der Waals surface area contributed by atoms with E-state index in [1.807, 2.05) is 48.5 Å². The lowest BCUT2D eigenvalue weighted by Gasteiger charge is -2.10. The van der Waals surface area contributed by atoms with E-state index < -0.39 is 10.0 Å². The second-order valence-corrected chi connectivity index (χ2v) is 8.79. The van der Waals surface area contributed by atoms with Crippen LogP contribution in [0.4, 0.5) is 5.69 Å². The topological polar surface area (TPSA) is 55.4 Å². The van der Waals surface area contributed by atoms with Gasteiger partial charge in [-0.2, -0.15) is 0 Å². The lowest BCUT2D eigenvalue weighted by molar-refractivity contribution is 0.482. The predicted octanol–water partition coefficient (Wildman–Crippen LogP) is 6.20. The van der Waals surface area contributed by atoms with Gasteiger partial charge in [-0.1, -0.05) is 46.3 Å². The smallest absolute Gasteiger partial charge is 0.261 e. The average Bonchev–Trinajstić information content (AvgIpc) is 2.70. The van der Waals surface area contributed by atoms with Crippen LogP contribution in [0.3, 0.4) is 0 Å². The van der Waals surface area contributed by atoms with Gasteiger partial charge in [-0.05, 0) is 71.4 Å². The zero-order valence-corrected chi connectivity index (χ0v) is 17.1. The minimum Gasteiger partial charge on any atom is -0.457 e. The van der Waals surface area contributed by atoms with Crippen molar-refractivity contribution in [1.82, 2.24) is 0 Å². The maximum atomic E-state index is 12.7. The van der Waals surface area contributed by atoms with Crippen molar-refractivity contribution in [1.29, 1.82) is 0 Å². The second-order valence-electron chi connectivity index (χ2n) is 6.19. The highest BCUT2D eigenvalue weighted by Crippen LogP contribution is 2.26. The molecule has 4 aromatic carbocycles. The van der Waals surface area contributed by atoms with Crippen molar-refractivity contribution in [2.75, 3.05) is 4.72 Å². The van der Waals surface area contributed by atoms with Gasteiger partial charge in [0.1, 0.15) is 11.5 Å². The van der Waals surface area contributed by atoms with Gasteiger partial charge in [0.25, 0.3) is 10.0 Å². The highest BCUT2D eigenvalue weighted by molar-refractivity contribution is 9.10. The first-order valence-corrected chi connectivity index (χ1v) is 10.8. The standard InChI is InChI=1S/C22H16BrNO3S/c23-18-6-10-20(11-7-18)27-21-12-8-19(9-13-21)24-28(25,26)22-14-5-16-3-1-2-4-17(16)15-22/h1-15,24H. The van der Waals surface area contributed by atoms with Crippen molar-refractivity contribution in [3.8, 4) is 11.5 Å². The van der Waals surface area contributed by atoms with Gasteiger partial charge in [-0.25, -0.2) is 8.42 Å². The summed E-state index contributed by atoms with van der Waals surface area (Å²) in [5.41, 5.74) is 0.469. The van der Waals surface area contributed by atoms with E-state index in [-0.39, 0.29) is 4.90 Å². The van der Waals surface area contributed by atoms with Gasteiger partial charge in [0, 0.05) is 10.2 Å². The second kappa shape index (κ2) is 7.66. The Morgan fingerprint density at radius 3 is 2.00 bits per heavy atom. The summed E-state index contributed by atoms with van der Waals surface area (Å²) < 4.78 is 34.7. The highest BCUT2D eigenvalue weighted by Gasteiger charge is 2.14. The molecule has 0 fully saturated rings. The van der Waals surface area contributed by atoms with Crippen molar-refractivity contribution in [3.63, 3.8) is 0 Å². The Bertz CT molecular complexity index is 1220. The van der Waals surface area contributed by atoms with E-state index in [0.29, 0.717) is 17.2 Å². The minimum atomic E-state index is -3.68. The van der Waals surface area contributed by atoms with Crippen LogP contribution in [0, 0.1) is 0 Å². The zero-order valence-electron chi connectivity index (χ0n) is 14.7. The fourth-order valence-electron chi connectivity index (χ4n) is 2.78. The van der Waals surface area contributed by atoms with Gasteiger partial charge in [-0.3, -0.25) is 4.72 Å². The van der Waals surface area contributed by atoms with Gasteiger partial charge < -0.3 is 4.74 Å². The molecule has 0 heterocycles. The predicted molar refractivity (Wildman–Crippen MR) is 115 cm³/mol. The van der Waals surface area contributed by atoms with Crippen LogP contribution in [0.5, 0.6) is 11.5 Å². The fraction of sp³-hybridized carbons (Fsp3) is 0. The van der Waals surface area contributed by atoms with Crippen molar-refractivity contribution in [2.45, 2.75) is 4.90 Å². The number of sulfonamides is 1. The summed E-state index contributed by atoms with van der Waals surface area (Å²) in [6, 6.07) is 27.0. The summed E-state index contributed by atoms with van der Waals surface area (Å²) >= 11 is 3.38. The summed E-state index contributed by atoms with van der Waals surface area (Å²) in [5, 5.41) is 1.87. The third-order valence-electron chi connectivity index (χ3n) is 4.19. The Kier molecular flexibility index (Phi) is 5.07. The van der Waals surface area contributed by atoms with E-state index >= 15 is 0 Å². The van der Waals surface area contributed by atoms with E-state index in [4.69, 9.17) is 4.74 Å². The normalized spacial score (nSPS) is 11.3. The van der Waals surface area contributed by atoms with E-state index in [0.717, 1.165) is 15.2 Å². The van der Waals surface area contributed by atoms with Crippen molar-refractivity contribution in [2.24, 2.45) is 0 Å². The zero-order chi connectivity index (χ0) is 19.6. The molecule has 140 valence electrons. The molecular formula is C22H16BrNO3S. The first-order chi connectivity index (χ1) is 13.5. The molecule has 0 spiro atoms. The quantitative estimate of drug-likeness (QED) is 0.391. The number of halogens is 1. The summed E-state index contributed by atoms with van der Waals surface area (Å²) in [7, 11) is -3.68.